The van der Waals surface area contributed by atoms with Crippen molar-refractivity contribution in [3.63, 3.8) is 0 Å². The number of hydrogen-bond donors (Lipinski definition) is 2. The highest BCUT2D eigenvalue weighted by Gasteiger charge is 2.09. The number of esters is 1. The molecule has 6 nitrogen and oxygen atoms in total. The lowest BCUT2D eigenvalue weighted by molar-refractivity contribution is -0.145. The van der Waals surface area contributed by atoms with Crippen LogP contribution in [0.4, 0.5) is 0 Å². The molecule has 1 amide bonds. The molecule has 0 aromatic rings. The van der Waals surface area contributed by atoms with Crippen LogP contribution in [0.1, 0.15) is 6.42 Å². The summed E-state index contributed by atoms with van der Waals surface area (Å²) in [6.07, 6.45) is -0.455. The van der Waals surface area contributed by atoms with Crippen LogP contribution < -0.4 is 5.32 Å². The average Bonchev–Trinajstić information content (AvgIpc) is 2.00. The first-order valence-corrected chi connectivity index (χ1v) is 3.11. The Labute approximate surface area is 68.5 Å². The zero-order valence-corrected chi connectivity index (χ0v) is 6.49. The molecule has 0 aliphatic heterocycles. The van der Waals surface area contributed by atoms with Crippen LogP contribution in [0, 0.1) is 0 Å². The van der Waals surface area contributed by atoms with Crippen molar-refractivity contribution in [1.82, 2.24) is 5.32 Å². The highest BCUT2D eigenvalue weighted by Crippen LogP contribution is 1.82. The minimum absolute atomic E-state index is 0.455. The lowest BCUT2D eigenvalue weighted by Crippen LogP contribution is -2.30. The van der Waals surface area contributed by atoms with E-state index in [0.717, 1.165) is 7.11 Å². The van der Waals surface area contributed by atoms with Crippen molar-refractivity contribution in [2.45, 2.75) is 6.42 Å². The van der Waals surface area contributed by atoms with E-state index in [1.807, 2.05) is 5.32 Å². The Kier molecular flexibility index (Phi) is 4.43. The van der Waals surface area contributed by atoms with Gasteiger partial charge in [-0.3, -0.25) is 14.4 Å². The van der Waals surface area contributed by atoms with Gasteiger partial charge < -0.3 is 15.2 Å². The zero-order chi connectivity index (χ0) is 9.56. The van der Waals surface area contributed by atoms with E-state index in [1.165, 1.54) is 0 Å². The number of nitrogens with one attached hydrogen (secondary N) is 1. The number of hydrogen-bond acceptors (Lipinski definition) is 4. The van der Waals surface area contributed by atoms with Crippen molar-refractivity contribution in [3.05, 3.63) is 0 Å². The molecule has 0 aromatic carbocycles. The molecule has 0 aliphatic carbocycles. The van der Waals surface area contributed by atoms with Gasteiger partial charge in [0.1, 0.15) is 13.0 Å². The van der Waals surface area contributed by atoms with Crippen LogP contribution in [0.15, 0.2) is 0 Å². The lowest BCUT2D eigenvalue weighted by Gasteiger charge is -1.99. The molecule has 12 heavy (non-hydrogen) atoms. The van der Waals surface area contributed by atoms with Gasteiger partial charge in [0, 0.05) is 0 Å². The Morgan fingerprint density at radius 2 is 2.00 bits per heavy atom. The van der Waals surface area contributed by atoms with Crippen molar-refractivity contribution in [3.8, 4) is 0 Å². The minimum atomic E-state index is -1.16. The molecule has 0 heterocycles. The smallest absolute Gasteiger partial charge is 0.322 e. The van der Waals surface area contributed by atoms with Gasteiger partial charge >= 0.3 is 11.9 Å². The Morgan fingerprint density at radius 3 is 2.42 bits per heavy atom. The highest BCUT2D eigenvalue weighted by molar-refractivity contribution is 5.95. The van der Waals surface area contributed by atoms with Gasteiger partial charge in [-0.2, -0.15) is 0 Å². The van der Waals surface area contributed by atoms with Crippen molar-refractivity contribution in [2.24, 2.45) is 0 Å². The summed E-state index contributed by atoms with van der Waals surface area (Å²) < 4.78 is 4.18. The molecule has 0 aliphatic rings. The molecule has 0 spiro atoms. The molecule has 0 fully saturated rings. The minimum Gasteiger partial charge on any atom is -0.480 e. The Bertz CT molecular complexity index is 200. The van der Waals surface area contributed by atoms with Crippen molar-refractivity contribution < 1.29 is 24.2 Å². The Balaban J connectivity index is 3.60. The van der Waals surface area contributed by atoms with E-state index in [1.54, 1.807) is 0 Å². The summed E-state index contributed by atoms with van der Waals surface area (Å²) in [5, 5.41) is 10.1. The van der Waals surface area contributed by atoms with Gasteiger partial charge in [-0.25, -0.2) is 0 Å². The fourth-order valence-electron chi connectivity index (χ4n) is 0.440. The number of rotatable bonds is 4. The van der Waals surface area contributed by atoms with Gasteiger partial charge in [0.15, 0.2) is 0 Å². The second-order valence-electron chi connectivity index (χ2n) is 1.92. The molecular weight excluding hydrogens is 166 g/mol. The summed E-state index contributed by atoms with van der Waals surface area (Å²) >= 11 is 0. The third-order valence-electron chi connectivity index (χ3n) is 0.969. The molecule has 0 saturated carbocycles. The summed E-state index contributed by atoms with van der Waals surface area (Å²) in [6, 6.07) is 0. The first kappa shape index (κ1) is 10.4. The molecule has 68 valence electrons. The number of carboxylic acid groups (broad SMARTS) is 1. The number of methoxy groups -OCH3 is 1. The van der Waals surface area contributed by atoms with Crippen LogP contribution in [0.2, 0.25) is 0 Å². The van der Waals surface area contributed by atoms with Crippen LogP contribution >= 0.6 is 0 Å². The van der Waals surface area contributed by atoms with Crippen molar-refractivity contribution >= 4 is 17.8 Å². The van der Waals surface area contributed by atoms with E-state index in [4.69, 9.17) is 5.11 Å². The maximum atomic E-state index is 10.6. The summed E-state index contributed by atoms with van der Waals surface area (Å²) in [5.74, 6) is -2.52. The van der Waals surface area contributed by atoms with Crippen molar-refractivity contribution in [1.29, 1.82) is 0 Å². The maximum Gasteiger partial charge on any atom is 0.322 e. The van der Waals surface area contributed by atoms with Crippen LogP contribution in [-0.2, 0) is 19.1 Å². The van der Waals surface area contributed by atoms with Gasteiger partial charge in [0.2, 0.25) is 5.91 Å². The second kappa shape index (κ2) is 5.11. The molecule has 0 bridgehead atoms. The first-order chi connectivity index (χ1) is 5.56. The number of carbonyl (C=O) groups is 3. The van der Waals surface area contributed by atoms with Gasteiger partial charge in [-0.05, 0) is 0 Å². The van der Waals surface area contributed by atoms with E-state index in [9.17, 15) is 14.4 Å². The van der Waals surface area contributed by atoms with Gasteiger partial charge in [0.05, 0.1) is 7.11 Å². The highest BCUT2D eigenvalue weighted by atomic mass is 16.5. The molecular formula is C6H9NO5. The summed E-state index contributed by atoms with van der Waals surface area (Å²) in [7, 11) is 1.15. The fraction of sp³-hybridized carbons (Fsp3) is 0.500. The van der Waals surface area contributed by atoms with Gasteiger partial charge in [-0.1, -0.05) is 0 Å². The molecule has 0 saturated heterocycles. The number of ether oxygens (including phenoxy) is 1. The van der Waals surface area contributed by atoms with E-state index in [-0.39, 0.29) is 0 Å². The summed E-state index contributed by atoms with van der Waals surface area (Å²) in [6.45, 7) is -0.490. The van der Waals surface area contributed by atoms with E-state index < -0.39 is 30.8 Å². The van der Waals surface area contributed by atoms with Gasteiger partial charge in [-0.15, -0.1) is 0 Å². The van der Waals surface area contributed by atoms with Crippen LogP contribution in [0.3, 0.4) is 0 Å². The molecule has 0 radical (unpaired) electrons. The standard InChI is InChI=1S/C6H9NO5/c1-12-6(11)2-4(8)7-3-5(9)10/h2-3H2,1H3,(H,7,8)(H,9,10). The van der Waals surface area contributed by atoms with Crippen molar-refractivity contribution in [2.75, 3.05) is 13.7 Å². The molecule has 0 unspecified atom stereocenters. The second-order valence-corrected chi connectivity index (χ2v) is 1.92. The quantitative estimate of drug-likeness (QED) is 0.411. The van der Waals surface area contributed by atoms with E-state index in [2.05, 4.69) is 4.74 Å². The summed E-state index contributed by atoms with van der Waals surface area (Å²) in [4.78, 5) is 31.0. The monoisotopic (exact) mass is 175 g/mol. The summed E-state index contributed by atoms with van der Waals surface area (Å²) in [5.41, 5.74) is 0. The predicted molar refractivity (Wildman–Crippen MR) is 37.3 cm³/mol. The predicted octanol–water partition coefficient (Wildman–Crippen LogP) is -1.25. The molecule has 6 heteroatoms. The van der Waals surface area contributed by atoms with E-state index in [0.29, 0.717) is 0 Å². The average molecular weight is 175 g/mol. The number of carbonyl (C=O) groups excluding carboxylic acids is 2. The Morgan fingerprint density at radius 1 is 1.42 bits per heavy atom. The third-order valence-corrected chi connectivity index (χ3v) is 0.969. The molecule has 2 N–H and O–H groups in total. The molecule has 0 rings (SSSR count). The topological polar surface area (TPSA) is 92.7 Å². The fourth-order valence-corrected chi connectivity index (χ4v) is 0.440. The first-order valence-electron chi connectivity index (χ1n) is 3.11. The third kappa shape index (κ3) is 5.21. The van der Waals surface area contributed by atoms with Crippen LogP contribution in [0.5, 0.6) is 0 Å². The van der Waals surface area contributed by atoms with Gasteiger partial charge in [0.25, 0.3) is 0 Å². The van der Waals surface area contributed by atoms with Crippen LogP contribution in [0.25, 0.3) is 0 Å². The molecule has 0 aromatic heterocycles. The number of amides is 1. The lowest BCUT2D eigenvalue weighted by atomic mass is 10.4. The normalized spacial score (nSPS) is 8.75. The number of carboxylic acids is 1. The zero-order valence-electron chi connectivity index (χ0n) is 6.49. The number of aliphatic carboxylic acids is 1. The largest absolute Gasteiger partial charge is 0.480 e. The van der Waals surface area contributed by atoms with E-state index >= 15 is 0 Å². The van der Waals surface area contributed by atoms with Crippen LogP contribution in [-0.4, -0.2) is 36.6 Å². The Hall–Kier alpha value is -1.59. The molecule has 0 atom stereocenters. The SMILES string of the molecule is COC(=O)CC(=O)NCC(=O)O. The maximum absolute atomic E-state index is 10.6.